The molecule has 1 rings (SSSR count). The average molecular weight is 245 g/mol. The van der Waals surface area contributed by atoms with E-state index in [0.717, 1.165) is 32.5 Å². The molecule has 1 aliphatic rings. The van der Waals surface area contributed by atoms with Crippen LogP contribution in [0.1, 0.15) is 26.2 Å². The fourth-order valence-electron chi connectivity index (χ4n) is 1.56. The second-order valence-electron chi connectivity index (χ2n) is 4.09. The lowest BCUT2D eigenvalue weighted by molar-refractivity contribution is -0.148. The number of unbranched alkanes of at least 4 members (excludes halogenated alkanes) is 1. The molecule has 1 aliphatic heterocycles. The lowest BCUT2D eigenvalue weighted by Gasteiger charge is -2.22. The summed E-state index contributed by atoms with van der Waals surface area (Å²) in [5.74, 6) is -0.210. The Morgan fingerprint density at radius 3 is 3.00 bits per heavy atom. The molecule has 0 aliphatic carbocycles. The fourth-order valence-corrected chi connectivity index (χ4v) is 1.56. The van der Waals surface area contributed by atoms with Crippen LogP contribution in [0.2, 0.25) is 0 Å². The van der Waals surface area contributed by atoms with Gasteiger partial charge in [0.25, 0.3) is 0 Å². The summed E-state index contributed by atoms with van der Waals surface area (Å²) >= 11 is 0. The molecule has 0 aromatic heterocycles. The minimum absolute atomic E-state index is 0.0442. The smallest absolute Gasteiger partial charge is 0.308 e. The summed E-state index contributed by atoms with van der Waals surface area (Å²) in [6.45, 7) is 5.92. The molecule has 5 nitrogen and oxygen atoms in total. The summed E-state index contributed by atoms with van der Waals surface area (Å²) in [6, 6.07) is 0. The van der Waals surface area contributed by atoms with Gasteiger partial charge in [-0.2, -0.15) is 0 Å². The molecule has 100 valence electrons. The van der Waals surface area contributed by atoms with Gasteiger partial charge in [0.15, 0.2) is 0 Å². The maximum Gasteiger partial charge on any atom is 0.308 e. The van der Waals surface area contributed by atoms with Crippen LogP contribution in [0.25, 0.3) is 0 Å². The normalized spacial score (nSPS) is 20.2. The van der Waals surface area contributed by atoms with Crippen molar-refractivity contribution in [2.75, 3.05) is 39.5 Å². The Balaban J connectivity index is 1.93. The van der Waals surface area contributed by atoms with Crippen molar-refractivity contribution in [3.05, 3.63) is 0 Å². The number of rotatable bonds is 8. The van der Waals surface area contributed by atoms with E-state index in [4.69, 9.17) is 14.2 Å². The van der Waals surface area contributed by atoms with Crippen molar-refractivity contribution in [3.63, 3.8) is 0 Å². The number of hydrogen-bond acceptors (Lipinski definition) is 5. The van der Waals surface area contributed by atoms with Gasteiger partial charge in [0, 0.05) is 19.7 Å². The van der Waals surface area contributed by atoms with Crippen molar-refractivity contribution in [2.24, 2.45) is 0 Å². The lowest BCUT2D eigenvalue weighted by Crippen LogP contribution is -2.39. The van der Waals surface area contributed by atoms with Gasteiger partial charge in [-0.05, 0) is 6.42 Å². The number of hydrogen-bond donors (Lipinski definition) is 1. The molecule has 0 radical (unpaired) electrons. The first-order valence-corrected chi connectivity index (χ1v) is 6.38. The monoisotopic (exact) mass is 245 g/mol. The molecule has 0 aromatic carbocycles. The standard InChI is InChI=1S/C12H23NO4/c1-2-3-5-15-7-8-17-12(14)9-11-10-13-4-6-16-11/h11,13H,2-10H2,1H3. The van der Waals surface area contributed by atoms with E-state index in [9.17, 15) is 4.79 Å². The van der Waals surface area contributed by atoms with Crippen molar-refractivity contribution in [2.45, 2.75) is 32.3 Å². The van der Waals surface area contributed by atoms with Crippen molar-refractivity contribution in [1.82, 2.24) is 5.32 Å². The van der Waals surface area contributed by atoms with Crippen LogP contribution in [-0.4, -0.2) is 51.6 Å². The van der Waals surface area contributed by atoms with Crippen LogP contribution in [0.4, 0.5) is 0 Å². The molecule has 1 atom stereocenters. The van der Waals surface area contributed by atoms with Gasteiger partial charge in [-0.15, -0.1) is 0 Å². The summed E-state index contributed by atoms with van der Waals surface area (Å²) in [6.07, 6.45) is 2.45. The van der Waals surface area contributed by atoms with E-state index in [-0.39, 0.29) is 12.1 Å². The first-order chi connectivity index (χ1) is 8.33. The first-order valence-electron chi connectivity index (χ1n) is 6.38. The molecule has 0 bridgehead atoms. The third-order valence-electron chi connectivity index (χ3n) is 2.53. The highest BCUT2D eigenvalue weighted by atomic mass is 16.6. The van der Waals surface area contributed by atoms with Gasteiger partial charge in [0.2, 0.25) is 0 Å². The van der Waals surface area contributed by atoms with Crippen LogP contribution in [-0.2, 0) is 19.0 Å². The fraction of sp³-hybridized carbons (Fsp3) is 0.917. The molecule has 1 unspecified atom stereocenters. The van der Waals surface area contributed by atoms with Gasteiger partial charge in [-0.3, -0.25) is 4.79 Å². The molecule has 1 N–H and O–H groups in total. The highest BCUT2D eigenvalue weighted by molar-refractivity contribution is 5.70. The van der Waals surface area contributed by atoms with Crippen LogP contribution < -0.4 is 5.32 Å². The van der Waals surface area contributed by atoms with Gasteiger partial charge >= 0.3 is 5.97 Å². The second-order valence-corrected chi connectivity index (χ2v) is 4.09. The van der Waals surface area contributed by atoms with Crippen LogP contribution in [0, 0.1) is 0 Å². The largest absolute Gasteiger partial charge is 0.463 e. The van der Waals surface area contributed by atoms with Crippen molar-refractivity contribution >= 4 is 5.97 Å². The second kappa shape index (κ2) is 9.39. The number of ether oxygens (including phenoxy) is 3. The van der Waals surface area contributed by atoms with Crippen LogP contribution in [0.15, 0.2) is 0 Å². The Bertz CT molecular complexity index is 205. The predicted octanol–water partition coefficient (Wildman–Crippen LogP) is 0.725. The van der Waals surface area contributed by atoms with Crippen LogP contribution in [0.5, 0.6) is 0 Å². The quantitative estimate of drug-likeness (QED) is 0.504. The number of morpholine rings is 1. The van der Waals surface area contributed by atoms with Gasteiger partial charge < -0.3 is 19.5 Å². The summed E-state index contributed by atoms with van der Waals surface area (Å²) in [5.41, 5.74) is 0. The minimum Gasteiger partial charge on any atom is -0.463 e. The lowest BCUT2D eigenvalue weighted by atomic mass is 10.2. The summed E-state index contributed by atoms with van der Waals surface area (Å²) in [4.78, 5) is 11.4. The Morgan fingerprint density at radius 2 is 2.29 bits per heavy atom. The van der Waals surface area contributed by atoms with E-state index >= 15 is 0 Å². The number of carbonyl (C=O) groups is 1. The van der Waals surface area contributed by atoms with E-state index in [1.807, 2.05) is 0 Å². The Morgan fingerprint density at radius 1 is 1.41 bits per heavy atom. The summed E-state index contributed by atoms with van der Waals surface area (Å²) in [5, 5.41) is 3.17. The predicted molar refractivity (Wildman–Crippen MR) is 63.9 cm³/mol. The van der Waals surface area contributed by atoms with Crippen LogP contribution >= 0.6 is 0 Å². The van der Waals surface area contributed by atoms with Gasteiger partial charge in [0.1, 0.15) is 6.61 Å². The number of carbonyl (C=O) groups excluding carboxylic acids is 1. The molecule has 17 heavy (non-hydrogen) atoms. The molecule has 1 saturated heterocycles. The van der Waals surface area contributed by atoms with Crippen molar-refractivity contribution < 1.29 is 19.0 Å². The summed E-state index contributed by atoms with van der Waals surface area (Å²) < 4.78 is 15.8. The Labute approximate surface area is 103 Å². The molecular formula is C12H23NO4. The van der Waals surface area contributed by atoms with E-state index in [0.29, 0.717) is 26.2 Å². The van der Waals surface area contributed by atoms with E-state index < -0.39 is 0 Å². The zero-order valence-electron chi connectivity index (χ0n) is 10.6. The first kappa shape index (κ1) is 14.4. The van der Waals surface area contributed by atoms with Gasteiger partial charge in [-0.1, -0.05) is 13.3 Å². The zero-order chi connectivity index (χ0) is 12.3. The highest BCUT2D eigenvalue weighted by Gasteiger charge is 2.17. The molecule has 5 heteroatoms. The molecule has 0 spiro atoms. The SMILES string of the molecule is CCCCOCCOC(=O)CC1CNCCO1. The maximum absolute atomic E-state index is 11.4. The third kappa shape index (κ3) is 7.31. The molecule has 0 amide bonds. The van der Waals surface area contributed by atoms with Gasteiger partial charge in [-0.25, -0.2) is 0 Å². The Hall–Kier alpha value is -0.650. The molecule has 1 fully saturated rings. The van der Waals surface area contributed by atoms with E-state index in [2.05, 4.69) is 12.2 Å². The van der Waals surface area contributed by atoms with Crippen LogP contribution in [0.3, 0.4) is 0 Å². The molecular weight excluding hydrogens is 222 g/mol. The minimum atomic E-state index is -0.210. The van der Waals surface area contributed by atoms with Crippen molar-refractivity contribution in [3.8, 4) is 0 Å². The Kier molecular flexibility index (Phi) is 7.96. The molecule has 1 heterocycles. The highest BCUT2D eigenvalue weighted by Crippen LogP contribution is 2.02. The van der Waals surface area contributed by atoms with Gasteiger partial charge in [0.05, 0.1) is 25.7 Å². The molecule has 0 aromatic rings. The number of nitrogens with one attached hydrogen (secondary N) is 1. The summed E-state index contributed by atoms with van der Waals surface area (Å²) in [7, 11) is 0. The third-order valence-corrected chi connectivity index (χ3v) is 2.53. The topological polar surface area (TPSA) is 56.8 Å². The average Bonchev–Trinajstić information content (AvgIpc) is 2.35. The maximum atomic E-state index is 11.4. The number of esters is 1. The zero-order valence-corrected chi connectivity index (χ0v) is 10.6. The molecule has 0 saturated carbocycles. The van der Waals surface area contributed by atoms with E-state index in [1.165, 1.54) is 0 Å². The van der Waals surface area contributed by atoms with E-state index in [1.54, 1.807) is 0 Å². The van der Waals surface area contributed by atoms with Crippen molar-refractivity contribution in [1.29, 1.82) is 0 Å².